The van der Waals surface area contributed by atoms with Crippen molar-refractivity contribution < 1.29 is 9.13 Å². The smallest absolute Gasteiger partial charge is 0.202 e. The molecule has 2 rings (SSSR count). The van der Waals surface area contributed by atoms with Crippen LogP contribution in [0.2, 0.25) is 0 Å². The van der Waals surface area contributed by atoms with E-state index in [1.807, 2.05) is 6.92 Å². The minimum absolute atomic E-state index is 0.0638. The van der Waals surface area contributed by atoms with E-state index in [0.717, 1.165) is 11.0 Å². The first-order chi connectivity index (χ1) is 9.86. The van der Waals surface area contributed by atoms with Crippen molar-refractivity contribution in [2.24, 2.45) is 0 Å². The van der Waals surface area contributed by atoms with Gasteiger partial charge < -0.3 is 10.1 Å². The molecule has 1 atom stereocenters. The number of nitrogens with zero attached hydrogens (tertiary/aromatic N) is 2. The monoisotopic (exact) mass is 309 g/mol. The van der Waals surface area contributed by atoms with Crippen LogP contribution in [0.25, 0.3) is 0 Å². The molecule has 0 aliphatic heterocycles. The van der Waals surface area contributed by atoms with Gasteiger partial charge in [-0.2, -0.15) is 4.37 Å². The van der Waals surface area contributed by atoms with Gasteiger partial charge in [0.05, 0.1) is 6.54 Å². The molecule has 1 aromatic heterocycles. The Morgan fingerprint density at radius 3 is 2.67 bits per heavy atom. The molecule has 0 spiro atoms. The molecule has 0 fully saturated rings. The highest BCUT2D eigenvalue weighted by atomic mass is 32.1. The van der Waals surface area contributed by atoms with Gasteiger partial charge >= 0.3 is 0 Å². The van der Waals surface area contributed by atoms with E-state index in [0.29, 0.717) is 6.54 Å². The Morgan fingerprint density at radius 1 is 1.33 bits per heavy atom. The largest absolute Gasteiger partial charge is 0.486 e. The zero-order valence-corrected chi connectivity index (χ0v) is 13.5. The van der Waals surface area contributed by atoms with Gasteiger partial charge in [0.1, 0.15) is 11.9 Å². The van der Waals surface area contributed by atoms with E-state index in [9.17, 15) is 4.39 Å². The number of ether oxygens (including phenoxy) is 1. The fraction of sp³-hybridized carbons (Fsp3) is 0.467. The Morgan fingerprint density at radius 2 is 2.05 bits per heavy atom. The van der Waals surface area contributed by atoms with Crippen LogP contribution in [-0.4, -0.2) is 22.0 Å². The van der Waals surface area contributed by atoms with Crippen LogP contribution < -0.4 is 10.1 Å². The third-order valence-corrected chi connectivity index (χ3v) is 3.48. The highest BCUT2D eigenvalue weighted by Gasteiger charge is 2.19. The molecule has 21 heavy (non-hydrogen) atoms. The molecule has 1 heterocycles. The van der Waals surface area contributed by atoms with Crippen LogP contribution in [0.4, 0.5) is 9.52 Å². The summed E-state index contributed by atoms with van der Waals surface area (Å²) in [4.78, 5) is 4.44. The molecule has 0 aliphatic rings. The molecule has 0 aliphatic carbocycles. The van der Waals surface area contributed by atoms with E-state index >= 15 is 0 Å². The molecule has 0 saturated carbocycles. The molecule has 1 unspecified atom stereocenters. The molecule has 0 amide bonds. The van der Waals surface area contributed by atoms with Crippen molar-refractivity contribution in [2.45, 2.75) is 39.2 Å². The second-order valence-electron chi connectivity index (χ2n) is 5.91. The quantitative estimate of drug-likeness (QED) is 0.911. The normalized spacial score (nSPS) is 13.0. The molecule has 2 aromatic rings. The highest BCUT2D eigenvalue weighted by Crippen LogP contribution is 2.23. The Labute approximate surface area is 128 Å². The van der Waals surface area contributed by atoms with Crippen molar-refractivity contribution in [1.82, 2.24) is 9.36 Å². The number of benzene rings is 1. The summed E-state index contributed by atoms with van der Waals surface area (Å²) < 4.78 is 23.4. The first-order valence-corrected chi connectivity index (χ1v) is 7.63. The SMILES string of the molecule is CC(CNc1nc(C(C)(C)C)ns1)Oc1ccccc1F. The first-order valence-electron chi connectivity index (χ1n) is 6.85. The number of nitrogens with one attached hydrogen (secondary N) is 1. The Bertz CT molecular complexity index is 595. The molecule has 0 bridgehead atoms. The van der Waals surface area contributed by atoms with Crippen LogP contribution in [0.5, 0.6) is 5.75 Å². The van der Waals surface area contributed by atoms with Crippen LogP contribution in [0.3, 0.4) is 0 Å². The number of halogens is 1. The van der Waals surface area contributed by atoms with Crippen LogP contribution in [0.1, 0.15) is 33.5 Å². The van der Waals surface area contributed by atoms with Crippen molar-refractivity contribution in [1.29, 1.82) is 0 Å². The lowest BCUT2D eigenvalue weighted by molar-refractivity contribution is 0.224. The predicted molar refractivity (Wildman–Crippen MR) is 83.6 cm³/mol. The maximum Gasteiger partial charge on any atom is 0.202 e. The van der Waals surface area contributed by atoms with Crippen molar-refractivity contribution in [3.05, 3.63) is 35.9 Å². The summed E-state index contributed by atoms with van der Waals surface area (Å²) in [5.41, 5.74) is -0.0638. The number of hydrogen-bond donors (Lipinski definition) is 1. The summed E-state index contributed by atoms with van der Waals surface area (Å²) in [6, 6.07) is 6.39. The lowest BCUT2D eigenvalue weighted by Gasteiger charge is -2.15. The van der Waals surface area contributed by atoms with Gasteiger partial charge in [-0.1, -0.05) is 32.9 Å². The molecule has 0 radical (unpaired) electrons. The van der Waals surface area contributed by atoms with Crippen molar-refractivity contribution >= 4 is 16.7 Å². The third kappa shape index (κ3) is 4.39. The minimum atomic E-state index is -0.352. The van der Waals surface area contributed by atoms with E-state index < -0.39 is 0 Å². The summed E-state index contributed by atoms with van der Waals surface area (Å²) in [5.74, 6) is 0.729. The molecule has 6 heteroatoms. The number of para-hydroxylation sites is 1. The fourth-order valence-corrected chi connectivity index (χ4v) is 2.39. The minimum Gasteiger partial charge on any atom is -0.486 e. The van der Waals surface area contributed by atoms with Gasteiger partial charge in [-0.05, 0) is 19.1 Å². The average molecular weight is 309 g/mol. The van der Waals surface area contributed by atoms with E-state index in [1.54, 1.807) is 18.2 Å². The van der Waals surface area contributed by atoms with Crippen LogP contribution in [0.15, 0.2) is 24.3 Å². The number of aromatic nitrogens is 2. The summed E-state index contributed by atoms with van der Waals surface area (Å²) in [6.07, 6.45) is -0.177. The van der Waals surface area contributed by atoms with Gasteiger partial charge in [0.15, 0.2) is 11.6 Å². The Kier molecular flexibility index (Phi) is 4.77. The maximum absolute atomic E-state index is 13.5. The second kappa shape index (κ2) is 6.39. The molecule has 114 valence electrons. The second-order valence-corrected chi connectivity index (χ2v) is 6.66. The van der Waals surface area contributed by atoms with Gasteiger partial charge in [-0.25, -0.2) is 9.37 Å². The number of rotatable bonds is 5. The van der Waals surface area contributed by atoms with E-state index in [2.05, 4.69) is 35.4 Å². The summed E-state index contributed by atoms with van der Waals surface area (Å²) in [7, 11) is 0. The average Bonchev–Trinajstić information content (AvgIpc) is 2.88. The molecule has 1 N–H and O–H groups in total. The Balaban J connectivity index is 1.88. The van der Waals surface area contributed by atoms with Crippen molar-refractivity contribution in [3.63, 3.8) is 0 Å². The fourth-order valence-electron chi connectivity index (χ4n) is 1.63. The van der Waals surface area contributed by atoms with Crippen LogP contribution in [0, 0.1) is 5.82 Å². The first kappa shape index (κ1) is 15.7. The molecular weight excluding hydrogens is 289 g/mol. The summed E-state index contributed by atoms with van der Waals surface area (Å²) >= 11 is 1.33. The van der Waals surface area contributed by atoms with Gasteiger partial charge in [0.2, 0.25) is 5.13 Å². The van der Waals surface area contributed by atoms with Crippen molar-refractivity contribution in [2.75, 3.05) is 11.9 Å². The topological polar surface area (TPSA) is 47.0 Å². The third-order valence-electron chi connectivity index (χ3n) is 2.80. The molecule has 1 aromatic carbocycles. The molecule has 4 nitrogen and oxygen atoms in total. The highest BCUT2D eigenvalue weighted by molar-refractivity contribution is 7.09. The van der Waals surface area contributed by atoms with Crippen LogP contribution >= 0.6 is 11.5 Å². The summed E-state index contributed by atoms with van der Waals surface area (Å²) in [5, 5.41) is 3.93. The lowest BCUT2D eigenvalue weighted by Crippen LogP contribution is -2.23. The Hall–Kier alpha value is -1.69. The standard InChI is InChI=1S/C15H20FN3OS/c1-10(20-12-8-6-5-7-11(12)16)9-17-14-18-13(19-21-14)15(2,3)4/h5-8,10H,9H2,1-4H3,(H,17,18,19). The van der Waals surface area contributed by atoms with E-state index in [4.69, 9.17) is 4.74 Å². The zero-order chi connectivity index (χ0) is 15.5. The van der Waals surface area contributed by atoms with Gasteiger partial charge in [-0.15, -0.1) is 0 Å². The van der Waals surface area contributed by atoms with Crippen LogP contribution in [-0.2, 0) is 5.41 Å². The summed E-state index contributed by atoms with van der Waals surface area (Å²) in [6.45, 7) is 8.63. The number of hydrogen-bond acceptors (Lipinski definition) is 5. The van der Waals surface area contributed by atoms with Crippen molar-refractivity contribution in [3.8, 4) is 5.75 Å². The van der Waals surface area contributed by atoms with Gasteiger partial charge in [-0.3, -0.25) is 0 Å². The zero-order valence-electron chi connectivity index (χ0n) is 12.7. The molecule has 0 saturated heterocycles. The van der Waals surface area contributed by atoms with Gasteiger partial charge in [0, 0.05) is 16.9 Å². The lowest BCUT2D eigenvalue weighted by atomic mass is 9.96. The molecular formula is C15H20FN3OS. The predicted octanol–water partition coefficient (Wildman–Crippen LogP) is 3.85. The maximum atomic E-state index is 13.5. The van der Waals surface area contributed by atoms with Gasteiger partial charge in [0.25, 0.3) is 0 Å². The van der Waals surface area contributed by atoms with E-state index in [-0.39, 0.29) is 23.1 Å². The number of anilines is 1. The van der Waals surface area contributed by atoms with E-state index in [1.165, 1.54) is 17.6 Å².